The largest absolute Gasteiger partial charge is 0.504 e. The molecule has 5 rings (SSSR count). The summed E-state index contributed by atoms with van der Waals surface area (Å²) in [4.78, 5) is 13.6. The van der Waals surface area contributed by atoms with Gasteiger partial charge in [0.05, 0.1) is 25.5 Å². The maximum atomic E-state index is 13.6. The lowest BCUT2D eigenvalue weighted by molar-refractivity contribution is -0.116. The van der Waals surface area contributed by atoms with Crippen molar-refractivity contribution in [3.05, 3.63) is 76.1 Å². The van der Waals surface area contributed by atoms with Crippen LogP contribution in [-0.2, 0) is 4.79 Å². The SMILES string of the molecule is COc1cccc([C@H]2C3=C(C[C@H](c4ccc(O)c(OC)c4)CC3=O)Nc3onc(C)c32)c1. The van der Waals surface area contributed by atoms with Gasteiger partial charge in [0.25, 0.3) is 0 Å². The number of hydrogen-bond acceptors (Lipinski definition) is 7. The van der Waals surface area contributed by atoms with E-state index in [9.17, 15) is 9.90 Å². The van der Waals surface area contributed by atoms with Crippen molar-refractivity contribution in [1.29, 1.82) is 0 Å². The number of allylic oxidation sites excluding steroid dienone is 2. The monoisotopic (exact) mass is 432 g/mol. The van der Waals surface area contributed by atoms with Crippen molar-refractivity contribution in [3.63, 3.8) is 0 Å². The van der Waals surface area contributed by atoms with Gasteiger partial charge in [-0.25, -0.2) is 0 Å². The fourth-order valence-electron chi connectivity index (χ4n) is 4.81. The number of ketones is 1. The molecule has 1 aromatic heterocycles. The van der Waals surface area contributed by atoms with Crippen LogP contribution in [0, 0.1) is 6.92 Å². The quantitative estimate of drug-likeness (QED) is 0.619. The molecule has 1 aliphatic carbocycles. The summed E-state index contributed by atoms with van der Waals surface area (Å²) >= 11 is 0. The molecule has 0 bridgehead atoms. The normalized spacial score (nSPS) is 19.8. The molecule has 2 aliphatic rings. The number of nitrogens with one attached hydrogen (secondary N) is 1. The second-order valence-corrected chi connectivity index (χ2v) is 8.20. The van der Waals surface area contributed by atoms with E-state index >= 15 is 0 Å². The van der Waals surface area contributed by atoms with Gasteiger partial charge in [0.15, 0.2) is 17.3 Å². The summed E-state index contributed by atoms with van der Waals surface area (Å²) in [6.45, 7) is 1.89. The van der Waals surface area contributed by atoms with E-state index in [-0.39, 0.29) is 23.4 Å². The molecule has 0 radical (unpaired) electrons. The number of aromatic hydroxyl groups is 1. The van der Waals surface area contributed by atoms with Gasteiger partial charge in [-0.1, -0.05) is 23.4 Å². The third-order valence-corrected chi connectivity index (χ3v) is 6.36. The fraction of sp³-hybridized carbons (Fsp3) is 0.280. The molecule has 2 N–H and O–H groups in total. The van der Waals surface area contributed by atoms with E-state index < -0.39 is 0 Å². The number of fused-ring (bicyclic) bond motifs is 1. The van der Waals surface area contributed by atoms with E-state index in [0.717, 1.165) is 39.4 Å². The van der Waals surface area contributed by atoms with E-state index in [0.29, 0.717) is 24.5 Å². The zero-order valence-electron chi connectivity index (χ0n) is 18.1. The summed E-state index contributed by atoms with van der Waals surface area (Å²) < 4.78 is 16.3. The number of nitrogens with zero attached hydrogens (tertiary/aromatic N) is 1. The van der Waals surface area contributed by atoms with Gasteiger partial charge >= 0.3 is 0 Å². The molecule has 0 fully saturated rings. The first kappa shape index (κ1) is 20.2. The molecular weight excluding hydrogens is 408 g/mol. The van der Waals surface area contributed by atoms with Crippen LogP contribution >= 0.6 is 0 Å². The predicted octanol–water partition coefficient (Wildman–Crippen LogP) is 4.66. The lowest BCUT2D eigenvalue weighted by Crippen LogP contribution is -2.29. The number of phenols is 1. The zero-order chi connectivity index (χ0) is 22.4. The maximum Gasteiger partial charge on any atom is 0.233 e. The molecule has 7 heteroatoms. The highest BCUT2D eigenvalue weighted by molar-refractivity contribution is 6.01. The van der Waals surface area contributed by atoms with E-state index in [2.05, 4.69) is 10.5 Å². The average molecular weight is 432 g/mol. The zero-order valence-corrected chi connectivity index (χ0v) is 18.1. The Morgan fingerprint density at radius 2 is 1.94 bits per heavy atom. The molecule has 0 saturated heterocycles. The third kappa shape index (κ3) is 3.21. The van der Waals surface area contributed by atoms with Gasteiger partial charge in [-0.3, -0.25) is 4.79 Å². The Kier molecular flexibility index (Phi) is 4.89. The van der Waals surface area contributed by atoms with Gasteiger partial charge in [-0.2, -0.15) is 0 Å². The van der Waals surface area contributed by atoms with Crippen LogP contribution in [0.4, 0.5) is 5.88 Å². The lowest BCUT2D eigenvalue weighted by atomic mass is 9.72. The van der Waals surface area contributed by atoms with Crippen molar-refractivity contribution < 1.29 is 23.9 Å². The first-order valence-corrected chi connectivity index (χ1v) is 10.5. The Morgan fingerprint density at radius 3 is 2.72 bits per heavy atom. The highest BCUT2D eigenvalue weighted by atomic mass is 16.5. The molecule has 0 saturated carbocycles. The van der Waals surface area contributed by atoms with Crippen LogP contribution in [0.25, 0.3) is 0 Å². The van der Waals surface area contributed by atoms with E-state index in [1.54, 1.807) is 19.2 Å². The third-order valence-electron chi connectivity index (χ3n) is 6.36. The van der Waals surface area contributed by atoms with Crippen molar-refractivity contribution in [2.45, 2.75) is 31.6 Å². The number of hydrogen-bond donors (Lipinski definition) is 2. The Balaban J connectivity index is 1.60. The summed E-state index contributed by atoms with van der Waals surface area (Å²) in [6, 6.07) is 13.0. The van der Waals surface area contributed by atoms with Crippen LogP contribution in [0.1, 0.15) is 47.1 Å². The number of benzene rings is 2. The van der Waals surface area contributed by atoms with Gasteiger partial charge < -0.3 is 24.4 Å². The number of methoxy groups -OCH3 is 2. The molecule has 7 nitrogen and oxygen atoms in total. The van der Waals surface area contributed by atoms with Crippen molar-refractivity contribution in [2.24, 2.45) is 0 Å². The highest BCUT2D eigenvalue weighted by Gasteiger charge is 2.41. The minimum Gasteiger partial charge on any atom is -0.504 e. The van der Waals surface area contributed by atoms with Crippen LogP contribution in [0.5, 0.6) is 17.2 Å². The Hall–Kier alpha value is -3.74. The Morgan fingerprint density at radius 1 is 1.09 bits per heavy atom. The number of carbonyl (C=O) groups is 1. The average Bonchev–Trinajstić information content (AvgIpc) is 3.18. The standard InChI is InChI=1S/C25H24N2O5/c1-13-22-23(15-5-4-6-17(9-15)30-2)24-18(26-25(22)32-27-13)10-16(11-20(24)29)14-7-8-19(28)21(12-14)31-3/h4-9,12,16,23,26,28H,10-11H2,1-3H3/t16-,23+/m0/s1. The van der Waals surface area contributed by atoms with Crippen molar-refractivity contribution in [3.8, 4) is 17.2 Å². The molecule has 0 spiro atoms. The topological polar surface area (TPSA) is 93.8 Å². The van der Waals surface area contributed by atoms with Gasteiger partial charge in [0.1, 0.15) is 5.75 Å². The lowest BCUT2D eigenvalue weighted by Gasteiger charge is -2.34. The van der Waals surface area contributed by atoms with Crippen molar-refractivity contribution in [1.82, 2.24) is 5.16 Å². The van der Waals surface area contributed by atoms with Gasteiger partial charge in [0.2, 0.25) is 5.88 Å². The van der Waals surface area contributed by atoms with Crippen LogP contribution in [0.2, 0.25) is 0 Å². The molecular formula is C25H24N2O5. The van der Waals surface area contributed by atoms with Crippen LogP contribution in [0.15, 0.2) is 58.3 Å². The van der Waals surface area contributed by atoms with E-state index in [1.165, 1.54) is 7.11 Å². The molecule has 3 aromatic rings. The Bertz CT molecular complexity index is 1240. The maximum absolute atomic E-state index is 13.6. The number of aryl methyl sites for hydroxylation is 1. The molecule has 2 atom stereocenters. The fourth-order valence-corrected chi connectivity index (χ4v) is 4.81. The van der Waals surface area contributed by atoms with Crippen LogP contribution < -0.4 is 14.8 Å². The first-order valence-electron chi connectivity index (χ1n) is 10.5. The van der Waals surface area contributed by atoms with Crippen LogP contribution in [0.3, 0.4) is 0 Å². The van der Waals surface area contributed by atoms with E-state index in [4.69, 9.17) is 14.0 Å². The first-order chi connectivity index (χ1) is 15.5. The highest BCUT2D eigenvalue weighted by Crippen LogP contribution is 2.49. The second-order valence-electron chi connectivity index (χ2n) is 8.20. The molecule has 32 heavy (non-hydrogen) atoms. The molecule has 0 unspecified atom stereocenters. The molecule has 1 aliphatic heterocycles. The molecule has 2 aromatic carbocycles. The number of rotatable bonds is 4. The number of carbonyl (C=O) groups excluding carboxylic acids is 1. The number of Topliss-reactive ketones (excluding diaryl/α,β-unsaturated/α-hetero) is 1. The van der Waals surface area contributed by atoms with Gasteiger partial charge in [-0.15, -0.1) is 0 Å². The van der Waals surface area contributed by atoms with Crippen LogP contribution in [-0.4, -0.2) is 30.3 Å². The van der Waals surface area contributed by atoms with E-state index in [1.807, 2.05) is 37.3 Å². The summed E-state index contributed by atoms with van der Waals surface area (Å²) in [6.07, 6.45) is 1.00. The number of aromatic nitrogens is 1. The summed E-state index contributed by atoms with van der Waals surface area (Å²) in [5.41, 5.74) is 5.14. The smallest absolute Gasteiger partial charge is 0.233 e. The van der Waals surface area contributed by atoms with Gasteiger partial charge in [-0.05, 0) is 54.7 Å². The predicted molar refractivity (Wildman–Crippen MR) is 118 cm³/mol. The molecule has 164 valence electrons. The minimum atomic E-state index is -0.273. The minimum absolute atomic E-state index is 0.0419. The molecule has 0 amide bonds. The Labute approximate surface area is 185 Å². The summed E-state index contributed by atoms with van der Waals surface area (Å²) in [5, 5.41) is 17.4. The number of phenolic OH excluding ortho intramolecular Hbond substituents is 1. The summed E-state index contributed by atoms with van der Waals surface area (Å²) in [7, 11) is 3.14. The van der Waals surface area contributed by atoms with Crippen molar-refractivity contribution in [2.75, 3.05) is 19.5 Å². The number of anilines is 1. The second kappa shape index (κ2) is 7.75. The molecule has 2 heterocycles. The van der Waals surface area contributed by atoms with Gasteiger partial charge in [0, 0.05) is 23.6 Å². The summed E-state index contributed by atoms with van der Waals surface area (Å²) in [5.74, 6) is 1.55. The number of ether oxygens (including phenoxy) is 2. The van der Waals surface area contributed by atoms with Crippen molar-refractivity contribution >= 4 is 11.7 Å².